The zero-order valence-corrected chi connectivity index (χ0v) is 52.9. The van der Waals surface area contributed by atoms with Gasteiger partial charge in [0.25, 0.3) is 0 Å². The van der Waals surface area contributed by atoms with Crippen molar-refractivity contribution in [1.82, 2.24) is 0 Å². The highest BCUT2D eigenvalue weighted by Gasteiger charge is 2.19. The lowest BCUT2D eigenvalue weighted by molar-refractivity contribution is -0.167. The minimum atomic E-state index is -0.780. The molecule has 0 aliphatic carbocycles. The highest BCUT2D eigenvalue weighted by atomic mass is 16.6. The van der Waals surface area contributed by atoms with Crippen LogP contribution in [0.3, 0.4) is 0 Å². The molecule has 6 nitrogen and oxygen atoms in total. The molecular weight excluding hydrogens is 973 g/mol. The molecule has 460 valence electrons. The van der Waals surface area contributed by atoms with Crippen LogP contribution in [0, 0.1) is 0 Å². The Morgan fingerprint density at radius 2 is 0.456 bits per heavy atom. The number of carbonyl (C=O) groups excluding carboxylic acids is 3. The Balaban J connectivity index is 4.28. The van der Waals surface area contributed by atoms with Crippen LogP contribution in [0.25, 0.3) is 0 Å². The van der Waals surface area contributed by atoms with Crippen LogP contribution in [-0.2, 0) is 28.6 Å². The molecule has 0 saturated carbocycles. The first-order valence-electron chi connectivity index (χ1n) is 34.8. The Morgan fingerprint density at radius 1 is 0.253 bits per heavy atom. The summed E-state index contributed by atoms with van der Waals surface area (Å²) >= 11 is 0. The van der Waals surface area contributed by atoms with Crippen molar-refractivity contribution in [2.24, 2.45) is 0 Å². The predicted octanol–water partition coefficient (Wildman–Crippen LogP) is 23.9. The van der Waals surface area contributed by atoms with Gasteiger partial charge in [0.15, 0.2) is 6.10 Å². The van der Waals surface area contributed by atoms with Crippen LogP contribution in [0.2, 0.25) is 0 Å². The van der Waals surface area contributed by atoms with E-state index in [2.05, 4.69) is 81.5 Å². The third kappa shape index (κ3) is 65.8. The summed E-state index contributed by atoms with van der Waals surface area (Å²) in [5.74, 6) is -0.867. The molecule has 0 spiro atoms. The fourth-order valence-corrected chi connectivity index (χ4v) is 10.2. The molecule has 0 rings (SSSR count). The van der Waals surface area contributed by atoms with E-state index in [1.165, 1.54) is 250 Å². The van der Waals surface area contributed by atoms with Crippen molar-refractivity contribution in [3.05, 3.63) is 60.8 Å². The Bertz CT molecular complexity index is 1410. The van der Waals surface area contributed by atoms with E-state index in [0.717, 1.165) is 77.0 Å². The Labute approximate surface area is 491 Å². The quantitative estimate of drug-likeness (QED) is 0.0261. The largest absolute Gasteiger partial charge is 0.462 e. The van der Waals surface area contributed by atoms with Crippen LogP contribution in [0.4, 0.5) is 0 Å². The van der Waals surface area contributed by atoms with Crippen LogP contribution in [0.1, 0.15) is 367 Å². The maximum Gasteiger partial charge on any atom is 0.306 e. The Kier molecular flexibility index (Phi) is 65.1. The second kappa shape index (κ2) is 67.6. The molecule has 0 amide bonds. The van der Waals surface area contributed by atoms with Crippen molar-refractivity contribution in [2.45, 2.75) is 374 Å². The van der Waals surface area contributed by atoms with Crippen LogP contribution < -0.4 is 0 Å². The number of hydrogen-bond donors (Lipinski definition) is 0. The van der Waals surface area contributed by atoms with Gasteiger partial charge in [0.2, 0.25) is 0 Å². The first kappa shape index (κ1) is 76.1. The number of rotatable bonds is 64. The van der Waals surface area contributed by atoms with Crippen molar-refractivity contribution in [1.29, 1.82) is 0 Å². The van der Waals surface area contributed by atoms with Crippen LogP contribution in [0.15, 0.2) is 60.8 Å². The molecule has 0 aromatic rings. The molecule has 1 atom stereocenters. The second-order valence-electron chi connectivity index (χ2n) is 23.4. The van der Waals surface area contributed by atoms with Gasteiger partial charge in [-0.05, 0) is 109 Å². The van der Waals surface area contributed by atoms with Gasteiger partial charge < -0.3 is 14.2 Å². The van der Waals surface area contributed by atoms with Crippen molar-refractivity contribution in [3.63, 3.8) is 0 Å². The minimum Gasteiger partial charge on any atom is -0.462 e. The molecule has 0 N–H and O–H groups in total. The molecule has 0 aliphatic heterocycles. The highest BCUT2D eigenvalue weighted by Crippen LogP contribution is 2.17. The smallest absolute Gasteiger partial charge is 0.306 e. The SMILES string of the molecule is CCCCC/C=C\C/C=C\CCCCCCCCCCCC(=O)OC(COC(=O)CCCCCCC/C=C\CCCCCCCC)COC(=O)CCCCCCCCCCCCCCCCC/C=C\C/C=C\CCCCCCC. The Morgan fingerprint density at radius 3 is 0.734 bits per heavy atom. The van der Waals surface area contributed by atoms with Crippen molar-refractivity contribution >= 4 is 17.9 Å². The summed E-state index contributed by atoms with van der Waals surface area (Å²) in [5.41, 5.74) is 0. The summed E-state index contributed by atoms with van der Waals surface area (Å²) < 4.78 is 17.0. The lowest BCUT2D eigenvalue weighted by Crippen LogP contribution is -2.30. The lowest BCUT2D eigenvalue weighted by atomic mass is 10.0. The standard InChI is InChI=1S/C73H132O6/c1-4-7-10-13-16-19-22-25-28-30-32-33-34-35-36-37-38-39-41-42-45-48-51-54-57-60-63-66-72(75)78-69-70(68-77-71(74)65-62-59-56-53-50-47-44-27-24-21-18-15-12-9-6-3)79-73(76)67-64-61-58-55-52-49-46-43-40-31-29-26-23-20-17-14-11-8-5-2/h17,20,22,25-27,29-30,32,44,70H,4-16,18-19,21,23-24,28,31,33-43,45-69H2,1-3H3/b20-17-,25-22-,29-26-,32-30-,44-27-. The maximum absolute atomic E-state index is 12.9. The van der Waals surface area contributed by atoms with Gasteiger partial charge in [0, 0.05) is 19.3 Å². The number of allylic oxidation sites excluding steroid dienone is 10. The normalized spacial score (nSPS) is 12.4. The van der Waals surface area contributed by atoms with Crippen LogP contribution in [-0.4, -0.2) is 37.2 Å². The molecule has 0 bridgehead atoms. The molecule has 0 radical (unpaired) electrons. The zero-order valence-electron chi connectivity index (χ0n) is 52.9. The van der Waals surface area contributed by atoms with E-state index in [1.807, 2.05) is 0 Å². The van der Waals surface area contributed by atoms with E-state index >= 15 is 0 Å². The van der Waals surface area contributed by atoms with E-state index < -0.39 is 6.10 Å². The summed E-state index contributed by atoms with van der Waals surface area (Å²) in [5, 5.41) is 0. The van der Waals surface area contributed by atoms with Gasteiger partial charge in [-0.25, -0.2) is 0 Å². The molecule has 79 heavy (non-hydrogen) atoms. The molecule has 0 aliphatic rings. The van der Waals surface area contributed by atoms with Gasteiger partial charge in [-0.1, -0.05) is 300 Å². The van der Waals surface area contributed by atoms with Crippen LogP contribution in [0.5, 0.6) is 0 Å². The predicted molar refractivity (Wildman–Crippen MR) is 344 cm³/mol. The van der Waals surface area contributed by atoms with Gasteiger partial charge in [-0.2, -0.15) is 0 Å². The fraction of sp³-hybridized carbons (Fsp3) is 0.822. The third-order valence-corrected chi connectivity index (χ3v) is 15.5. The Hall–Kier alpha value is -2.89. The summed E-state index contributed by atoms with van der Waals surface area (Å²) in [6, 6.07) is 0. The molecule has 0 fully saturated rings. The average molecular weight is 1110 g/mol. The molecule has 6 heteroatoms. The molecule has 0 aromatic heterocycles. The van der Waals surface area contributed by atoms with Gasteiger partial charge in [0.05, 0.1) is 0 Å². The highest BCUT2D eigenvalue weighted by molar-refractivity contribution is 5.71. The number of esters is 3. The fourth-order valence-electron chi connectivity index (χ4n) is 10.2. The monoisotopic (exact) mass is 1110 g/mol. The zero-order chi connectivity index (χ0) is 57.1. The number of unbranched alkanes of at least 4 members (excludes halogenated alkanes) is 43. The second-order valence-corrected chi connectivity index (χ2v) is 23.4. The van der Waals surface area contributed by atoms with Gasteiger partial charge in [-0.3, -0.25) is 14.4 Å². The first-order valence-corrected chi connectivity index (χ1v) is 34.8. The van der Waals surface area contributed by atoms with E-state index in [4.69, 9.17) is 14.2 Å². The molecule has 0 saturated heterocycles. The van der Waals surface area contributed by atoms with E-state index in [0.29, 0.717) is 19.3 Å². The number of hydrogen-bond acceptors (Lipinski definition) is 6. The lowest BCUT2D eigenvalue weighted by Gasteiger charge is -2.18. The van der Waals surface area contributed by atoms with Gasteiger partial charge in [-0.15, -0.1) is 0 Å². The van der Waals surface area contributed by atoms with E-state index in [-0.39, 0.29) is 31.1 Å². The van der Waals surface area contributed by atoms with Gasteiger partial charge in [0.1, 0.15) is 13.2 Å². The average Bonchev–Trinajstić information content (AvgIpc) is 3.45. The van der Waals surface area contributed by atoms with E-state index in [1.54, 1.807) is 0 Å². The minimum absolute atomic E-state index is 0.0757. The molecular formula is C73H132O6. The van der Waals surface area contributed by atoms with E-state index in [9.17, 15) is 14.4 Å². The molecule has 0 aromatic carbocycles. The molecule has 1 unspecified atom stereocenters. The first-order chi connectivity index (χ1) is 39.0. The topological polar surface area (TPSA) is 78.9 Å². The van der Waals surface area contributed by atoms with Crippen LogP contribution >= 0.6 is 0 Å². The summed E-state index contributed by atoms with van der Waals surface area (Å²) in [7, 11) is 0. The number of carbonyl (C=O) groups is 3. The summed E-state index contributed by atoms with van der Waals surface area (Å²) in [4.78, 5) is 38.4. The summed E-state index contributed by atoms with van der Waals surface area (Å²) in [6.45, 7) is 6.64. The van der Waals surface area contributed by atoms with Crippen molar-refractivity contribution < 1.29 is 28.6 Å². The van der Waals surface area contributed by atoms with Crippen molar-refractivity contribution in [3.8, 4) is 0 Å². The molecule has 0 heterocycles. The van der Waals surface area contributed by atoms with Crippen molar-refractivity contribution in [2.75, 3.05) is 13.2 Å². The maximum atomic E-state index is 12.9. The third-order valence-electron chi connectivity index (χ3n) is 15.5. The summed E-state index contributed by atoms with van der Waals surface area (Å²) in [6.07, 6.45) is 86.7. The number of ether oxygens (including phenoxy) is 3. The van der Waals surface area contributed by atoms with Gasteiger partial charge >= 0.3 is 17.9 Å².